The van der Waals surface area contributed by atoms with Gasteiger partial charge in [-0.25, -0.2) is 14.6 Å². The molecule has 236 valence electrons. The van der Waals surface area contributed by atoms with Gasteiger partial charge >= 0.3 is 12.1 Å². The molecule has 0 radical (unpaired) electrons. The number of esters is 1. The molecular weight excluding hydrogens is 566 g/mol. The van der Waals surface area contributed by atoms with Gasteiger partial charge < -0.3 is 34.7 Å². The van der Waals surface area contributed by atoms with Gasteiger partial charge in [-0.2, -0.15) is 0 Å². The summed E-state index contributed by atoms with van der Waals surface area (Å²) in [6.45, 7) is 10.1. The Bertz CT molecular complexity index is 1400. The van der Waals surface area contributed by atoms with Gasteiger partial charge in [-0.3, -0.25) is 9.59 Å². The fourth-order valence-electron chi connectivity index (χ4n) is 4.05. The topological polar surface area (TPSA) is 150 Å². The number of nitrogens with zero attached hydrogens (tertiary/aromatic N) is 2. The van der Waals surface area contributed by atoms with Gasteiger partial charge in [0.25, 0.3) is 5.91 Å². The van der Waals surface area contributed by atoms with Gasteiger partial charge in [-0.15, -0.1) is 0 Å². The van der Waals surface area contributed by atoms with Crippen LogP contribution in [0.2, 0.25) is 0 Å². The van der Waals surface area contributed by atoms with Crippen molar-refractivity contribution in [3.05, 3.63) is 84.3 Å². The molecule has 0 aliphatic heterocycles. The number of carbonyl (C=O) groups excluding carboxylic acids is 4. The zero-order valence-corrected chi connectivity index (χ0v) is 26.0. The largest absolute Gasteiger partial charge is 0.464 e. The highest BCUT2D eigenvalue weighted by atomic mass is 16.6. The van der Waals surface area contributed by atoms with Crippen molar-refractivity contribution in [2.24, 2.45) is 0 Å². The highest BCUT2D eigenvalue weighted by molar-refractivity contribution is 5.98. The standard InChI is InChI=1S/C32H41N5O7/c1-7-43-28(39)26(23-16-12-9-13-17-23)37-18-25(33-21-37)35-27(38)24(20-42-19-22-14-10-8-11-15-22)34-29(40)32(5,6)36-30(41)44-31(2,3)4/h8-18,21,24,26H,7,19-20H2,1-6H3,(H,34,40)(H,35,38)(H,36,41)/t24-,26?/m1/s1. The lowest BCUT2D eigenvalue weighted by Gasteiger charge is -2.29. The molecule has 2 aromatic carbocycles. The van der Waals surface area contributed by atoms with Crippen molar-refractivity contribution in [3.63, 3.8) is 0 Å². The van der Waals surface area contributed by atoms with E-state index in [2.05, 4.69) is 20.9 Å². The smallest absolute Gasteiger partial charge is 0.408 e. The van der Waals surface area contributed by atoms with Crippen molar-refractivity contribution in [2.45, 2.75) is 71.4 Å². The molecule has 1 heterocycles. The van der Waals surface area contributed by atoms with E-state index < -0.39 is 47.1 Å². The van der Waals surface area contributed by atoms with Crippen LogP contribution in [-0.4, -0.2) is 63.8 Å². The number of hydrogen-bond acceptors (Lipinski definition) is 8. The Morgan fingerprint density at radius 1 is 0.932 bits per heavy atom. The molecule has 2 atom stereocenters. The van der Waals surface area contributed by atoms with Crippen molar-refractivity contribution in [1.29, 1.82) is 0 Å². The molecular formula is C32H41N5O7. The molecule has 12 nitrogen and oxygen atoms in total. The van der Waals surface area contributed by atoms with Gasteiger partial charge in [0.2, 0.25) is 5.91 Å². The number of hydrogen-bond donors (Lipinski definition) is 3. The molecule has 3 amide bonds. The first-order valence-electron chi connectivity index (χ1n) is 14.3. The number of anilines is 1. The maximum atomic E-state index is 13.5. The predicted octanol–water partition coefficient (Wildman–Crippen LogP) is 3.98. The Morgan fingerprint density at radius 3 is 2.18 bits per heavy atom. The number of benzene rings is 2. The number of amides is 3. The van der Waals surface area contributed by atoms with Crippen LogP contribution in [-0.2, 0) is 35.2 Å². The van der Waals surface area contributed by atoms with Crippen LogP contribution in [0.25, 0.3) is 0 Å². The molecule has 1 aromatic heterocycles. The SMILES string of the molecule is CCOC(=O)C(c1ccccc1)n1cnc(NC(=O)[C@@H](COCc2ccccc2)NC(=O)C(C)(C)NC(=O)OC(C)(C)C)c1. The summed E-state index contributed by atoms with van der Waals surface area (Å²) in [6, 6.07) is 16.4. The van der Waals surface area contributed by atoms with E-state index in [0.29, 0.717) is 5.56 Å². The minimum Gasteiger partial charge on any atom is -0.464 e. The molecule has 12 heteroatoms. The Kier molecular flexibility index (Phi) is 11.6. The zero-order chi connectivity index (χ0) is 32.3. The van der Waals surface area contributed by atoms with E-state index in [4.69, 9.17) is 14.2 Å². The van der Waals surface area contributed by atoms with Gasteiger partial charge in [-0.05, 0) is 52.7 Å². The molecule has 3 aromatic rings. The first-order chi connectivity index (χ1) is 20.8. The molecule has 0 spiro atoms. The van der Waals surface area contributed by atoms with Crippen molar-refractivity contribution in [2.75, 3.05) is 18.5 Å². The monoisotopic (exact) mass is 607 g/mol. The average molecular weight is 608 g/mol. The second-order valence-electron chi connectivity index (χ2n) is 11.5. The Hall–Kier alpha value is -4.71. The van der Waals surface area contributed by atoms with Crippen LogP contribution in [0.15, 0.2) is 73.2 Å². The molecule has 1 unspecified atom stereocenters. The summed E-state index contributed by atoms with van der Waals surface area (Å²) in [5.74, 6) is -1.58. The molecule has 0 bridgehead atoms. The van der Waals surface area contributed by atoms with Crippen LogP contribution in [0, 0.1) is 0 Å². The van der Waals surface area contributed by atoms with Crippen LogP contribution in [0.3, 0.4) is 0 Å². The molecule has 3 rings (SSSR count). The summed E-state index contributed by atoms with van der Waals surface area (Å²) in [4.78, 5) is 56.2. The van der Waals surface area contributed by atoms with Crippen molar-refractivity contribution in [1.82, 2.24) is 20.2 Å². The van der Waals surface area contributed by atoms with E-state index in [1.54, 1.807) is 39.8 Å². The lowest BCUT2D eigenvalue weighted by atomic mass is 10.0. The van der Waals surface area contributed by atoms with E-state index >= 15 is 0 Å². The van der Waals surface area contributed by atoms with Crippen molar-refractivity contribution < 1.29 is 33.4 Å². The predicted molar refractivity (Wildman–Crippen MR) is 164 cm³/mol. The summed E-state index contributed by atoms with van der Waals surface area (Å²) < 4.78 is 17.9. The van der Waals surface area contributed by atoms with Gasteiger partial charge in [0.05, 0.1) is 26.1 Å². The van der Waals surface area contributed by atoms with Crippen LogP contribution in [0.1, 0.15) is 58.7 Å². The second-order valence-corrected chi connectivity index (χ2v) is 11.5. The lowest BCUT2D eigenvalue weighted by molar-refractivity contribution is -0.145. The summed E-state index contributed by atoms with van der Waals surface area (Å²) >= 11 is 0. The highest BCUT2D eigenvalue weighted by Crippen LogP contribution is 2.22. The number of aromatic nitrogens is 2. The highest BCUT2D eigenvalue weighted by Gasteiger charge is 2.35. The van der Waals surface area contributed by atoms with Crippen LogP contribution in [0.5, 0.6) is 0 Å². The van der Waals surface area contributed by atoms with Gasteiger partial charge in [0.15, 0.2) is 11.9 Å². The molecule has 0 fully saturated rings. The fourth-order valence-corrected chi connectivity index (χ4v) is 4.05. The Labute approximate surface area is 257 Å². The Balaban J connectivity index is 1.77. The normalized spacial score (nSPS) is 12.9. The molecule has 0 aliphatic carbocycles. The number of alkyl carbamates (subject to hydrolysis) is 1. The minimum absolute atomic E-state index is 0.147. The van der Waals surface area contributed by atoms with Gasteiger partial charge in [-0.1, -0.05) is 60.7 Å². The molecule has 0 saturated heterocycles. The maximum Gasteiger partial charge on any atom is 0.408 e. The lowest BCUT2D eigenvalue weighted by Crippen LogP contribution is -2.59. The van der Waals surface area contributed by atoms with Crippen molar-refractivity contribution >= 4 is 29.7 Å². The molecule has 3 N–H and O–H groups in total. The summed E-state index contributed by atoms with van der Waals surface area (Å²) in [6.07, 6.45) is 2.14. The maximum absolute atomic E-state index is 13.5. The van der Waals surface area contributed by atoms with Crippen LogP contribution in [0.4, 0.5) is 10.6 Å². The van der Waals surface area contributed by atoms with Gasteiger partial charge in [0.1, 0.15) is 17.2 Å². The van der Waals surface area contributed by atoms with E-state index in [9.17, 15) is 19.2 Å². The summed E-state index contributed by atoms with van der Waals surface area (Å²) in [5, 5.41) is 7.89. The number of rotatable bonds is 13. The van der Waals surface area contributed by atoms with E-state index in [1.807, 2.05) is 48.5 Å². The third kappa shape index (κ3) is 10.2. The number of carbonyl (C=O) groups is 4. The van der Waals surface area contributed by atoms with E-state index in [0.717, 1.165) is 5.56 Å². The fraction of sp³-hybridized carbons (Fsp3) is 0.406. The molecule has 0 aliphatic rings. The first kappa shape index (κ1) is 33.8. The van der Waals surface area contributed by atoms with E-state index in [-0.39, 0.29) is 25.6 Å². The van der Waals surface area contributed by atoms with Crippen molar-refractivity contribution in [3.8, 4) is 0 Å². The van der Waals surface area contributed by atoms with Crippen LogP contribution < -0.4 is 16.0 Å². The number of nitrogens with one attached hydrogen (secondary N) is 3. The summed E-state index contributed by atoms with van der Waals surface area (Å²) in [7, 11) is 0. The summed E-state index contributed by atoms with van der Waals surface area (Å²) in [5.41, 5.74) is -0.625. The third-order valence-electron chi connectivity index (χ3n) is 6.18. The minimum atomic E-state index is -1.43. The number of imidazole rings is 1. The molecule has 44 heavy (non-hydrogen) atoms. The molecule has 0 saturated carbocycles. The van der Waals surface area contributed by atoms with E-state index in [1.165, 1.54) is 30.9 Å². The third-order valence-corrected chi connectivity index (χ3v) is 6.18. The quantitative estimate of drug-likeness (QED) is 0.247. The second kappa shape index (κ2) is 15.1. The Morgan fingerprint density at radius 2 is 1.57 bits per heavy atom. The first-order valence-corrected chi connectivity index (χ1v) is 14.3. The number of ether oxygens (including phenoxy) is 3. The zero-order valence-electron chi connectivity index (χ0n) is 26.0. The average Bonchev–Trinajstić information content (AvgIpc) is 3.40. The van der Waals surface area contributed by atoms with Gasteiger partial charge in [0, 0.05) is 6.20 Å². The van der Waals surface area contributed by atoms with Crippen LogP contribution >= 0.6 is 0 Å².